The van der Waals surface area contributed by atoms with Crippen molar-refractivity contribution < 1.29 is 4.79 Å². The number of aryl methyl sites for hydroxylation is 3. The fourth-order valence-electron chi connectivity index (χ4n) is 3.53. The summed E-state index contributed by atoms with van der Waals surface area (Å²) in [6, 6.07) is 9.61. The van der Waals surface area contributed by atoms with Crippen LogP contribution in [0.5, 0.6) is 0 Å². The predicted octanol–water partition coefficient (Wildman–Crippen LogP) is 3.69. The number of rotatable bonds is 5. The van der Waals surface area contributed by atoms with E-state index in [9.17, 15) is 4.79 Å². The minimum absolute atomic E-state index is 0.114. The minimum Gasteiger partial charge on any atom is -0.348 e. The van der Waals surface area contributed by atoms with E-state index < -0.39 is 0 Å². The maximum Gasteiger partial charge on any atom is 0.251 e. The number of benzene rings is 1. The Morgan fingerprint density at radius 2 is 2.04 bits per heavy atom. The van der Waals surface area contributed by atoms with Gasteiger partial charge in [0.1, 0.15) is 0 Å². The van der Waals surface area contributed by atoms with E-state index >= 15 is 0 Å². The van der Waals surface area contributed by atoms with Gasteiger partial charge >= 0.3 is 0 Å². The summed E-state index contributed by atoms with van der Waals surface area (Å²) in [7, 11) is 1.88. The molecule has 1 aromatic carbocycles. The summed E-state index contributed by atoms with van der Waals surface area (Å²) in [6.07, 6.45) is 5.60. The number of nitrogens with zero attached hydrogens (tertiary/aromatic N) is 4. The van der Waals surface area contributed by atoms with Crippen molar-refractivity contribution in [2.45, 2.75) is 45.6 Å². The first-order valence-corrected chi connectivity index (χ1v) is 9.73. The van der Waals surface area contributed by atoms with Crippen molar-refractivity contribution in [1.82, 2.24) is 25.1 Å². The van der Waals surface area contributed by atoms with Gasteiger partial charge in [-0.2, -0.15) is 5.10 Å². The fraction of sp³-hybridized carbons (Fsp3) is 0.364. The van der Waals surface area contributed by atoms with Crippen LogP contribution in [0.15, 0.2) is 36.5 Å². The van der Waals surface area contributed by atoms with Crippen LogP contribution in [0.25, 0.3) is 11.4 Å². The SMILES string of the molecule is Cc1cc(C2CCC2)nc(-c2cccc(C(=O)NCc3cn(C)nc3C)c2)n1. The van der Waals surface area contributed by atoms with Crippen LogP contribution < -0.4 is 5.32 Å². The number of amides is 1. The molecule has 6 nitrogen and oxygen atoms in total. The topological polar surface area (TPSA) is 72.7 Å². The minimum atomic E-state index is -0.114. The standard InChI is InChI=1S/C22H25N5O/c1-14-10-20(16-6-4-7-16)25-21(24-14)17-8-5-9-18(11-17)22(28)23-12-19-13-27(3)26-15(19)2/h5,8-11,13,16H,4,6-7,12H2,1-3H3,(H,23,28). The van der Waals surface area contributed by atoms with Crippen LogP contribution in [0, 0.1) is 13.8 Å². The van der Waals surface area contributed by atoms with Crippen LogP contribution in [0.1, 0.15) is 58.2 Å². The molecule has 2 heterocycles. The largest absolute Gasteiger partial charge is 0.348 e. The highest BCUT2D eigenvalue weighted by Crippen LogP contribution is 2.36. The molecule has 0 atom stereocenters. The zero-order valence-corrected chi connectivity index (χ0v) is 16.6. The molecule has 1 fully saturated rings. The molecular formula is C22H25N5O. The Morgan fingerprint density at radius 1 is 1.21 bits per heavy atom. The van der Waals surface area contributed by atoms with E-state index in [0.29, 0.717) is 23.9 Å². The number of aromatic nitrogens is 4. The molecule has 0 aliphatic heterocycles. The Hall–Kier alpha value is -3.02. The molecule has 1 N–H and O–H groups in total. The van der Waals surface area contributed by atoms with Gasteiger partial charge in [-0.15, -0.1) is 0 Å². The van der Waals surface area contributed by atoms with Gasteiger partial charge in [-0.05, 0) is 44.9 Å². The molecule has 0 spiro atoms. The zero-order valence-electron chi connectivity index (χ0n) is 16.6. The third-order valence-electron chi connectivity index (χ3n) is 5.33. The van der Waals surface area contributed by atoms with E-state index in [1.54, 1.807) is 4.68 Å². The summed E-state index contributed by atoms with van der Waals surface area (Å²) in [5, 5.41) is 7.28. The van der Waals surface area contributed by atoms with E-state index in [2.05, 4.69) is 21.5 Å². The maximum atomic E-state index is 12.6. The summed E-state index contributed by atoms with van der Waals surface area (Å²) < 4.78 is 1.76. The van der Waals surface area contributed by atoms with Gasteiger partial charge in [-0.25, -0.2) is 9.97 Å². The summed E-state index contributed by atoms with van der Waals surface area (Å²) in [5.41, 5.74) is 5.50. The number of hydrogen-bond acceptors (Lipinski definition) is 4. The first kappa shape index (κ1) is 18.3. The summed E-state index contributed by atoms with van der Waals surface area (Å²) >= 11 is 0. The lowest BCUT2D eigenvalue weighted by atomic mass is 9.82. The van der Waals surface area contributed by atoms with Gasteiger partial charge in [0, 0.05) is 53.8 Å². The lowest BCUT2D eigenvalue weighted by molar-refractivity contribution is 0.0951. The number of nitrogens with one attached hydrogen (secondary N) is 1. The molecule has 4 rings (SSSR count). The summed E-state index contributed by atoms with van der Waals surface area (Å²) in [5.74, 6) is 1.13. The van der Waals surface area contributed by atoms with E-state index in [4.69, 9.17) is 4.98 Å². The third kappa shape index (κ3) is 3.81. The second-order valence-corrected chi connectivity index (χ2v) is 7.56. The molecule has 2 aromatic heterocycles. The van der Waals surface area contributed by atoms with Crippen LogP contribution >= 0.6 is 0 Å². The molecular weight excluding hydrogens is 350 g/mol. The van der Waals surface area contributed by atoms with Crippen molar-refractivity contribution in [3.63, 3.8) is 0 Å². The monoisotopic (exact) mass is 375 g/mol. The normalized spacial score (nSPS) is 14.0. The van der Waals surface area contributed by atoms with Crippen molar-refractivity contribution in [2.24, 2.45) is 7.05 Å². The van der Waals surface area contributed by atoms with Gasteiger partial charge in [0.2, 0.25) is 0 Å². The molecule has 6 heteroatoms. The first-order valence-electron chi connectivity index (χ1n) is 9.73. The fourth-order valence-corrected chi connectivity index (χ4v) is 3.53. The Morgan fingerprint density at radius 3 is 2.71 bits per heavy atom. The second-order valence-electron chi connectivity index (χ2n) is 7.56. The molecule has 144 valence electrons. The lowest BCUT2D eigenvalue weighted by Crippen LogP contribution is -2.23. The van der Waals surface area contributed by atoms with E-state index in [0.717, 1.165) is 28.2 Å². The average molecular weight is 375 g/mol. The lowest BCUT2D eigenvalue weighted by Gasteiger charge is -2.25. The van der Waals surface area contributed by atoms with Crippen molar-refractivity contribution in [1.29, 1.82) is 0 Å². The highest BCUT2D eigenvalue weighted by molar-refractivity contribution is 5.95. The quantitative estimate of drug-likeness (QED) is 0.738. The number of carbonyl (C=O) groups excluding carboxylic acids is 1. The van der Waals surface area contributed by atoms with Crippen LogP contribution in [0.2, 0.25) is 0 Å². The molecule has 0 saturated heterocycles. The van der Waals surface area contributed by atoms with Gasteiger partial charge in [-0.3, -0.25) is 9.48 Å². The molecule has 28 heavy (non-hydrogen) atoms. The van der Waals surface area contributed by atoms with E-state index in [-0.39, 0.29) is 5.91 Å². The van der Waals surface area contributed by atoms with Crippen molar-refractivity contribution in [2.75, 3.05) is 0 Å². The van der Waals surface area contributed by atoms with Crippen LogP contribution in [0.4, 0.5) is 0 Å². The van der Waals surface area contributed by atoms with Crippen LogP contribution in [-0.2, 0) is 13.6 Å². The highest BCUT2D eigenvalue weighted by atomic mass is 16.1. The van der Waals surface area contributed by atoms with Crippen LogP contribution in [0.3, 0.4) is 0 Å². The molecule has 1 saturated carbocycles. The highest BCUT2D eigenvalue weighted by Gasteiger charge is 2.22. The zero-order chi connectivity index (χ0) is 19.7. The summed E-state index contributed by atoms with van der Waals surface area (Å²) in [4.78, 5) is 22.0. The molecule has 0 unspecified atom stereocenters. The number of carbonyl (C=O) groups is 1. The van der Waals surface area contributed by atoms with Gasteiger partial charge in [0.25, 0.3) is 5.91 Å². The first-order chi connectivity index (χ1) is 13.5. The average Bonchev–Trinajstić information content (AvgIpc) is 2.95. The third-order valence-corrected chi connectivity index (χ3v) is 5.33. The molecule has 0 radical (unpaired) electrons. The Labute approximate surface area is 165 Å². The van der Waals surface area contributed by atoms with Gasteiger partial charge < -0.3 is 5.32 Å². The summed E-state index contributed by atoms with van der Waals surface area (Å²) in [6.45, 7) is 4.40. The predicted molar refractivity (Wildman–Crippen MR) is 108 cm³/mol. The smallest absolute Gasteiger partial charge is 0.251 e. The van der Waals surface area contributed by atoms with Crippen molar-refractivity contribution >= 4 is 5.91 Å². The van der Waals surface area contributed by atoms with Gasteiger partial charge in [0.05, 0.1) is 5.69 Å². The van der Waals surface area contributed by atoms with E-state index in [1.807, 2.05) is 51.4 Å². The molecule has 1 aliphatic rings. The van der Waals surface area contributed by atoms with Crippen LogP contribution in [-0.4, -0.2) is 25.7 Å². The molecule has 1 aliphatic carbocycles. The molecule has 3 aromatic rings. The second kappa shape index (κ2) is 7.54. The Bertz CT molecular complexity index is 1020. The van der Waals surface area contributed by atoms with Gasteiger partial charge in [-0.1, -0.05) is 18.6 Å². The Kier molecular flexibility index (Phi) is 4.94. The maximum absolute atomic E-state index is 12.6. The number of hydrogen-bond donors (Lipinski definition) is 1. The molecule has 1 amide bonds. The van der Waals surface area contributed by atoms with Crippen molar-refractivity contribution in [3.8, 4) is 11.4 Å². The van der Waals surface area contributed by atoms with Crippen molar-refractivity contribution in [3.05, 3.63) is 64.7 Å². The van der Waals surface area contributed by atoms with E-state index in [1.165, 1.54) is 19.3 Å². The van der Waals surface area contributed by atoms with Gasteiger partial charge in [0.15, 0.2) is 5.82 Å². The Balaban J connectivity index is 1.53. The molecule has 0 bridgehead atoms.